The van der Waals surface area contributed by atoms with E-state index in [9.17, 15) is 14.4 Å². The third-order valence-electron chi connectivity index (χ3n) is 1.96. The minimum absolute atomic E-state index is 0.173. The fourth-order valence-corrected chi connectivity index (χ4v) is 1.17. The van der Waals surface area contributed by atoms with E-state index >= 15 is 0 Å². The molecule has 86 valence electrons. The van der Waals surface area contributed by atoms with Crippen LogP contribution < -0.4 is 10.9 Å². The average Bonchev–Trinajstić information content (AvgIpc) is 2.22. The number of carboxylic acid groups (broad SMARTS) is 1. The third-order valence-corrected chi connectivity index (χ3v) is 1.96. The largest absolute Gasteiger partial charge is 0.480 e. The molecule has 1 aromatic rings. The number of pyridine rings is 1. The molecule has 0 spiro atoms. The summed E-state index contributed by atoms with van der Waals surface area (Å²) in [4.78, 5) is 32.9. The summed E-state index contributed by atoms with van der Waals surface area (Å²) >= 11 is 0. The van der Waals surface area contributed by atoms with Crippen LogP contribution in [0.3, 0.4) is 0 Å². The van der Waals surface area contributed by atoms with Gasteiger partial charge in [0.15, 0.2) is 0 Å². The molecule has 0 aliphatic heterocycles. The molecule has 0 aliphatic rings. The Bertz CT molecular complexity index is 464. The van der Waals surface area contributed by atoms with Crippen LogP contribution in [0.1, 0.15) is 5.56 Å². The van der Waals surface area contributed by atoms with Crippen molar-refractivity contribution in [2.45, 2.75) is 13.5 Å². The minimum atomic E-state index is -1.12. The molecule has 0 aromatic carbocycles. The summed E-state index contributed by atoms with van der Waals surface area (Å²) in [6.07, 6.45) is 1.48. The van der Waals surface area contributed by atoms with Gasteiger partial charge in [0.2, 0.25) is 5.91 Å². The molecule has 0 saturated carbocycles. The van der Waals surface area contributed by atoms with E-state index in [0.29, 0.717) is 5.56 Å². The molecule has 1 amide bonds. The quantitative estimate of drug-likeness (QED) is 0.711. The molecule has 1 aromatic heterocycles. The molecule has 1 heterocycles. The van der Waals surface area contributed by atoms with Crippen molar-refractivity contribution in [3.63, 3.8) is 0 Å². The fourth-order valence-electron chi connectivity index (χ4n) is 1.17. The molecule has 0 radical (unpaired) electrons. The van der Waals surface area contributed by atoms with Crippen LogP contribution in [0, 0.1) is 6.92 Å². The Labute approximate surface area is 91.5 Å². The van der Waals surface area contributed by atoms with Crippen LogP contribution in [-0.2, 0) is 16.1 Å². The highest BCUT2D eigenvalue weighted by atomic mass is 16.4. The standard InChI is InChI=1S/C10H12N2O4/c1-7-3-2-4-12(10(7)16)6-8(13)11-5-9(14)15/h2-4H,5-6H2,1H3,(H,11,13)(H,14,15). The van der Waals surface area contributed by atoms with Crippen molar-refractivity contribution in [1.82, 2.24) is 9.88 Å². The van der Waals surface area contributed by atoms with Gasteiger partial charge >= 0.3 is 5.97 Å². The van der Waals surface area contributed by atoms with Crippen molar-refractivity contribution in [3.8, 4) is 0 Å². The van der Waals surface area contributed by atoms with E-state index in [1.54, 1.807) is 19.1 Å². The topological polar surface area (TPSA) is 88.4 Å². The first-order valence-corrected chi connectivity index (χ1v) is 4.65. The summed E-state index contributed by atoms with van der Waals surface area (Å²) in [6.45, 7) is 1.03. The second kappa shape index (κ2) is 5.11. The Hall–Kier alpha value is -2.11. The molecule has 16 heavy (non-hydrogen) atoms. The predicted octanol–water partition coefficient (Wildman–Crippen LogP) is -0.642. The molecular weight excluding hydrogens is 212 g/mol. The zero-order valence-electron chi connectivity index (χ0n) is 8.77. The molecule has 0 unspecified atom stereocenters. The van der Waals surface area contributed by atoms with E-state index < -0.39 is 18.4 Å². The van der Waals surface area contributed by atoms with Crippen LogP contribution in [0.2, 0.25) is 0 Å². The van der Waals surface area contributed by atoms with Gasteiger partial charge in [-0.15, -0.1) is 0 Å². The number of rotatable bonds is 4. The number of carbonyl (C=O) groups is 2. The number of nitrogens with zero attached hydrogens (tertiary/aromatic N) is 1. The smallest absolute Gasteiger partial charge is 0.322 e. The summed E-state index contributed by atoms with van der Waals surface area (Å²) in [5.74, 6) is -1.62. The van der Waals surface area contributed by atoms with Crippen molar-refractivity contribution < 1.29 is 14.7 Å². The molecule has 6 nitrogen and oxygen atoms in total. The van der Waals surface area contributed by atoms with E-state index in [4.69, 9.17) is 5.11 Å². The molecule has 1 rings (SSSR count). The highest BCUT2D eigenvalue weighted by molar-refractivity contribution is 5.80. The third kappa shape index (κ3) is 3.23. The molecule has 2 N–H and O–H groups in total. The maximum absolute atomic E-state index is 11.5. The monoisotopic (exact) mass is 224 g/mol. The van der Waals surface area contributed by atoms with Crippen LogP contribution in [-0.4, -0.2) is 28.1 Å². The highest BCUT2D eigenvalue weighted by Crippen LogP contribution is 1.88. The van der Waals surface area contributed by atoms with E-state index in [1.165, 1.54) is 10.8 Å². The lowest BCUT2D eigenvalue weighted by Gasteiger charge is -2.06. The maximum atomic E-state index is 11.5. The zero-order valence-corrected chi connectivity index (χ0v) is 8.77. The molecule has 0 aliphatic carbocycles. The molecular formula is C10H12N2O4. The van der Waals surface area contributed by atoms with Gasteiger partial charge in [-0.05, 0) is 13.0 Å². The fraction of sp³-hybridized carbons (Fsp3) is 0.300. The van der Waals surface area contributed by atoms with Crippen molar-refractivity contribution in [2.75, 3.05) is 6.54 Å². The predicted molar refractivity (Wildman–Crippen MR) is 56.1 cm³/mol. The van der Waals surface area contributed by atoms with Gasteiger partial charge in [0.25, 0.3) is 5.56 Å². The van der Waals surface area contributed by atoms with Gasteiger partial charge in [-0.2, -0.15) is 0 Å². The van der Waals surface area contributed by atoms with E-state index in [0.717, 1.165) is 0 Å². The zero-order chi connectivity index (χ0) is 12.1. The molecule has 6 heteroatoms. The molecule has 0 saturated heterocycles. The lowest BCUT2D eigenvalue weighted by atomic mass is 10.3. The number of amides is 1. The summed E-state index contributed by atoms with van der Waals surface area (Å²) in [5, 5.41) is 10.5. The Balaban J connectivity index is 2.67. The van der Waals surface area contributed by atoms with Gasteiger partial charge in [-0.3, -0.25) is 14.4 Å². The second-order valence-corrected chi connectivity index (χ2v) is 3.29. The maximum Gasteiger partial charge on any atom is 0.322 e. The SMILES string of the molecule is Cc1cccn(CC(=O)NCC(=O)O)c1=O. The van der Waals surface area contributed by atoms with Crippen molar-refractivity contribution in [1.29, 1.82) is 0 Å². The summed E-state index contributed by atoms with van der Waals surface area (Å²) in [7, 11) is 0. The molecule has 0 bridgehead atoms. The summed E-state index contributed by atoms with van der Waals surface area (Å²) in [6, 6.07) is 3.30. The van der Waals surface area contributed by atoms with Crippen LogP contribution in [0.15, 0.2) is 23.1 Å². The van der Waals surface area contributed by atoms with E-state index in [2.05, 4.69) is 5.32 Å². The first-order chi connectivity index (χ1) is 7.50. The minimum Gasteiger partial charge on any atom is -0.480 e. The van der Waals surface area contributed by atoms with Gasteiger partial charge in [-0.1, -0.05) is 6.07 Å². The lowest BCUT2D eigenvalue weighted by Crippen LogP contribution is -2.35. The number of hydrogen-bond donors (Lipinski definition) is 2. The van der Waals surface area contributed by atoms with Crippen LogP contribution in [0.5, 0.6) is 0 Å². The average molecular weight is 224 g/mol. The highest BCUT2D eigenvalue weighted by Gasteiger charge is 2.06. The van der Waals surface area contributed by atoms with Crippen molar-refractivity contribution in [3.05, 3.63) is 34.2 Å². The first kappa shape index (κ1) is 12.0. The van der Waals surface area contributed by atoms with Crippen LogP contribution in [0.25, 0.3) is 0 Å². The molecule has 0 atom stereocenters. The number of carbonyl (C=O) groups excluding carboxylic acids is 1. The van der Waals surface area contributed by atoms with E-state index in [-0.39, 0.29) is 12.1 Å². The normalized spacial score (nSPS) is 9.81. The van der Waals surface area contributed by atoms with Gasteiger partial charge < -0.3 is 15.0 Å². The van der Waals surface area contributed by atoms with Gasteiger partial charge in [0.1, 0.15) is 13.1 Å². The van der Waals surface area contributed by atoms with Gasteiger partial charge in [-0.25, -0.2) is 0 Å². The van der Waals surface area contributed by atoms with Crippen LogP contribution in [0.4, 0.5) is 0 Å². The summed E-state index contributed by atoms with van der Waals surface area (Å²) in [5.41, 5.74) is 0.279. The van der Waals surface area contributed by atoms with Gasteiger partial charge in [0, 0.05) is 11.8 Å². The Kier molecular flexibility index (Phi) is 3.82. The number of aliphatic carboxylic acids is 1. The number of aryl methyl sites for hydroxylation is 1. The first-order valence-electron chi connectivity index (χ1n) is 4.65. The van der Waals surface area contributed by atoms with Gasteiger partial charge in [0.05, 0.1) is 0 Å². The number of hydrogen-bond acceptors (Lipinski definition) is 3. The Morgan fingerprint density at radius 2 is 2.19 bits per heavy atom. The van der Waals surface area contributed by atoms with Crippen molar-refractivity contribution >= 4 is 11.9 Å². The molecule has 0 fully saturated rings. The Morgan fingerprint density at radius 1 is 1.50 bits per heavy atom. The van der Waals surface area contributed by atoms with E-state index in [1.807, 2.05) is 0 Å². The lowest BCUT2D eigenvalue weighted by molar-refractivity contribution is -0.138. The van der Waals surface area contributed by atoms with Crippen molar-refractivity contribution in [2.24, 2.45) is 0 Å². The Morgan fingerprint density at radius 3 is 2.81 bits per heavy atom. The number of nitrogens with one attached hydrogen (secondary N) is 1. The van der Waals surface area contributed by atoms with Crippen LogP contribution >= 0.6 is 0 Å². The number of aromatic nitrogens is 1. The second-order valence-electron chi connectivity index (χ2n) is 3.29. The number of carboxylic acids is 1. The summed E-state index contributed by atoms with van der Waals surface area (Å²) < 4.78 is 1.23.